The molecule has 0 heterocycles. The van der Waals surface area contributed by atoms with E-state index < -0.39 is 0 Å². The molecule has 0 aliphatic rings. The molecule has 9 aromatic rings. The fourth-order valence-corrected chi connectivity index (χ4v) is 8.06. The van der Waals surface area contributed by atoms with E-state index in [1.54, 1.807) is 0 Å². The Kier molecular flexibility index (Phi) is 4.81. The van der Waals surface area contributed by atoms with E-state index in [2.05, 4.69) is 141 Å². The summed E-state index contributed by atoms with van der Waals surface area (Å²) in [6.45, 7) is 0. The summed E-state index contributed by atoms with van der Waals surface area (Å²) in [5.74, 6) is 0. The molecule has 0 radical (unpaired) electrons. The Hall–Kier alpha value is -4.68. The van der Waals surface area contributed by atoms with Crippen molar-refractivity contribution in [3.63, 3.8) is 0 Å². The molecule has 0 unspecified atom stereocenters. The highest BCUT2D eigenvalue weighted by molar-refractivity contribution is 6.64. The molecule has 0 amide bonds. The van der Waals surface area contributed by atoms with Crippen LogP contribution in [0.5, 0.6) is 0 Å². The van der Waals surface area contributed by atoms with E-state index in [9.17, 15) is 0 Å². The van der Waals surface area contributed by atoms with Gasteiger partial charge in [-0.15, -0.1) is 5.46 Å². The van der Waals surface area contributed by atoms with E-state index in [0.29, 0.717) is 0 Å². The zero-order valence-corrected chi connectivity index (χ0v) is 24.4. The Labute approximate surface area is 248 Å². The predicted molar refractivity (Wildman–Crippen MR) is 197 cm³/mol. The molecule has 190 valence electrons. The van der Waals surface area contributed by atoms with Crippen LogP contribution in [-0.4, -0.2) is 31.4 Å². The van der Waals surface area contributed by atoms with Crippen molar-refractivity contribution in [3.8, 4) is 22.3 Å². The minimum absolute atomic E-state index is 1.31. The van der Waals surface area contributed by atoms with Gasteiger partial charge in [-0.2, -0.15) is 0 Å². The number of benzene rings is 9. The lowest BCUT2D eigenvalue weighted by atomic mass is 9.61. The first kappa shape index (κ1) is 24.0. The molecule has 42 heavy (non-hydrogen) atoms. The van der Waals surface area contributed by atoms with Crippen LogP contribution in [0.25, 0.3) is 86.9 Å². The SMILES string of the molecule is Bc1c(B)c(-c2ccc3ccc4cccc5ccc2c3c45)c(B)c(-c2ccc3ccc4cccc5ccc2c3c45)c1B. The summed E-state index contributed by atoms with van der Waals surface area (Å²) in [7, 11) is 9.29. The molecular weight excluding hydrogens is 500 g/mol. The molecule has 4 heteroatoms. The van der Waals surface area contributed by atoms with Gasteiger partial charge in [0.15, 0.2) is 0 Å². The molecule has 0 aromatic heterocycles. The molecule has 0 atom stereocenters. The fourth-order valence-electron chi connectivity index (χ4n) is 8.06. The number of hydrogen-bond donors (Lipinski definition) is 0. The van der Waals surface area contributed by atoms with Crippen LogP contribution < -0.4 is 21.9 Å². The van der Waals surface area contributed by atoms with Gasteiger partial charge in [-0.25, -0.2) is 0 Å². The molecule has 0 nitrogen and oxygen atoms in total. The Morgan fingerprint density at radius 2 is 0.619 bits per heavy atom. The van der Waals surface area contributed by atoms with Crippen LogP contribution in [0.3, 0.4) is 0 Å². The quantitative estimate of drug-likeness (QED) is 0.238. The van der Waals surface area contributed by atoms with Crippen molar-refractivity contribution < 1.29 is 0 Å². The highest BCUT2D eigenvalue weighted by atomic mass is 14.2. The first-order valence-corrected chi connectivity index (χ1v) is 15.0. The molecule has 0 saturated carbocycles. The van der Waals surface area contributed by atoms with Crippen LogP contribution in [0, 0.1) is 0 Å². The zero-order valence-electron chi connectivity index (χ0n) is 24.4. The molecule has 0 spiro atoms. The predicted octanol–water partition coefficient (Wildman–Crippen LogP) is 3.85. The van der Waals surface area contributed by atoms with Crippen molar-refractivity contribution in [2.24, 2.45) is 0 Å². The van der Waals surface area contributed by atoms with Crippen LogP contribution in [0.15, 0.2) is 109 Å². The average Bonchev–Trinajstić information content (AvgIpc) is 3.02. The van der Waals surface area contributed by atoms with Crippen molar-refractivity contribution in [2.75, 3.05) is 0 Å². The van der Waals surface area contributed by atoms with Crippen molar-refractivity contribution in [2.45, 2.75) is 0 Å². The third-order valence-corrected chi connectivity index (χ3v) is 10.2. The second-order valence-electron chi connectivity index (χ2n) is 12.2. The minimum Gasteiger partial charge on any atom is -0.100 e. The Morgan fingerprint density at radius 1 is 0.286 bits per heavy atom. The zero-order chi connectivity index (χ0) is 28.3. The summed E-state index contributed by atoms with van der Waals surface area (Å²) >= 11 is 0. The van der Waals surface area contributed by atoms with Gasteiger partial charge in [0.1, 0.15) is 31.4 Å². The largest absolute Gasteiger partial charge is 0.140 e. The smallest absolute Gasteiger partial charge is 0.100 e. The van der Waals surface area contributed by atoms with Crippen LogP contribution in [0.4, 0.5) is 0 Å². The van der Waals surface area contributed by atoms with Gasteiger partial charge in [0.05, 0.1) is 0 Å². The maximum atomic E-state index is 2.36. The first-order valence-electron chi connectivity index (χ1n) is 15.0. The Bertz CT molecular complexity index is 2360. The topological polar surface area (TPSA) is 0 Å². The van der Waals surface area contributed by atoms with Crippen LogP contribution in [0.2, 0.25) is 0 Å². The van der Waals surface area contributed by atoms with Gasteiger partial charge in [-0.1, -0.05) is 126 Å². The Morgan fingerprint density at radius 3 is 1.02 bits per heavy atom. The molecule has 0 aliphatic carbocycles. The lowest BCUT2D eigenvalue weighted by molar-refractivity contribution is 1.73. The number of hydrogen-bond acceptors (Lipinski definition) is 0. The maximum absolute atomic E-state index is 2.36. The van der Waals surface area contributed by atoms with Crippen LogP contribution in [-0.2, 0) is 0 Å². The lowest BCUT2D eigenvalue weighted by Crippen LogP contribution is -2.46. The van der Waals surface area contributed by atoms with Crippen molar-refractivity contribution in [1.82, 2.24) is 0 Å². The van der Waals surface area contributed by atoms with Gasteiger partial charge < -0.3 is 0 Å². The summed E-state index contributed by atoms with van der Waals surface area (Å²) in [6.07, 6.45) is 0. The average molecular weight is 526 g/mol. The van der Waals surface area contributed by atoms with Crippen molar-refractivity contribution in [3.05, 3.63) is 109 Å². The first-order chi connectivity index (χ1) is 20.5. The summed E-state index contributed by atoms with van der Waals surface area (Å²) < 4.78 is 0. The summed E-state index contributed by atoms with van der Waals surface area (Å²) in [5.41, 5.74) is 10.9. The van der Waals surface area contributed by atoms with Crippen LogP contribution >= 0.6 is 0 Å². The van der Waals surface area contributed by atoms with E-state index in [0.717, 1.165) is 0 Å². The van der Waals surface area contributed by atoms with Crippen molar-refractivity contribution in [1.29, 1.82) is 0 Å². The summed E-state index contributed by atoms with van der Waals surface area (Å²) in [5, 5.41) is 16.1. The van der Waals surface area contributed by atoms with Gasteiger partial charge in [-0.05, 0) is 86.9 Å². The third kappa shape index (κ3) is 3.02. The highest BCUT2D eigenvalue weighted by Gasteiger charge is 2.21. The molecule has 0 aliphatic heterocycles. The minimum atomic E-state index is 1.31. The van der Waals surface area contributed by atoms with Gasteiger partial charge in [0.2, 0.25) is 0 Å². The van der Waals surface area contributed by atoms with Gasteiger partial charge >= 0.3 is 0 Å². The van der Waals surface area contributed by atoms with Crippen LogP contribution in [0.1, 0.15) is 0 Å². The standard InChI is InChI=1S/C38H26B4/c39-35-33(27-17-13-23-9-7-19-3-1-5-21-11-15-25(27)31(23)29(19)21)36(40)38(42)37(41)34(35)28-18-14-24-10-8-20-4-2-6-22-12-16-26(28)32(24)30(20)22/h1-18H,39-42H2. The van der Waals surface area contributed by atoms with Gasteiger partial charge in [-0.3, -0.25) is 0 Å². The highest BCUT2D eigenvalue weighted by Crippen LogP contribution is 2.41. The monoisotopic (exact) mass is 526 g/mol. The maximum Gasteiger partial charge on any atom is 0.140 e. The number of rotatable bonds is 2. The second kappa shape index (κ2) is 8.43. The van der Waals surface area contributed by atoms with Gasteiger partial charge in [0.25, 0.3) is 0 Å². The Balaban J connectivity index is 1.40. The molecule has 0 bridgehead atoms. The molecular formula is C38H26B4. The van der Waals surface area contributed by atoms with E-state index in [1.807, 2.05) is 0 Å². The van der Waals surface area contributed by atoms with E-state index in [-0.39, 0.29) is 0 Å². The summed E-state index contributed by atoms with van der Waals surface area (Å²) in [6, 6.07) is 41.1. The molecule has 0 fully saturated rings. The van der Waals surface area contributed by atoms with Gasteiger partial charge in [0, 0.05) is 0 Å². The second-order valence-corrected chi connectivity index (χ2v) is 12.2. The lowest BCUT2D eigenvalue weighted by Gasteiger charge is -2.25. The summed E-state index contributed by atoms with van der Waals surface area (Å²) in [4.78, 5) is 0. The van der Waals surface area contributed by atoms with E-state index in [1.165, 1.54) is 109 Å². The van der Waals surface area contributed by atoms with Crippen molar-refractivity contribution >= 4 is 118 Å². The molecule has 0 saturated heterocycles. The third-order valence-electron chi connectivity index (χ3n) is 10.2. The normalized spacial score (nSPS) is 12.2. The molecule has 0 N–H and O–H groups in total. The van der Waals surface area contributed by atoms with E-state index >= 15 is 0 Å². The fraction of sp³-hybridized carbons (Fsp3) is 0. The molecule has 9 rings (SSSR count). The molecule has 9 aromatic carbocycles. The van der Waals surface area contributed by atoms with E-state index in [4.69, 9.17) is 0 Å².